The van der Waals surface area contributed by atoms with E-state index < -0.39 is 0 Å². The summed E-state index contributed by atoms with van der Waals surface area (Å²) in [5.74, 6) is 0.190. The molecular formula is C21H30N2O. The molecule has 1 amide bonds. The summed E-state index contributed by atoms with van der Waals surface area (Å²) in [5.41, 5.74) is 4.54. The lowest BCUT2D eigenvalue weighted by atomic mass is 9.94. The Morgan fingerprint density at radius 2 is 1.92 bits per heavy atom. The third-order valence-electron chi connectivity index (χ3n) is 5.75. The predicted molar refractivity (Wildman–Crippen MR) is 101 cm³/mol. The van der Waals surface area contributed by atoms with Crippen LogP contribution in [-0.4, -0.2) is 28.5 Å². The van der Waals surface area contributed by atoms with Crippen molar-refractivity contribution in [2.75, 3.05) is 7.05 Å². The maximum atomic E-state index is 13.3. The van der Waals surface area contributed by atoms with E-state index in [2.05, 4.69) is 43.5 Å². The maximum absolute atomic E-state index is 13.3. The van der Waals surface area contributed by atoms with Crippen LogP contribution in [0, 0.1) is 6.92 Å². The molecule has 0 bridgehead atoms. The zero-order valence-electron chi connectivity index (χ0n) is 15.6. The molecule has 0 radical (unpaired) electrons. The largest absolute Gasteiger partial charge is 0.337 e. The Balaban J connectivity index is 2.04. The smallest absolute Gasteiger partial charge is 0.270 e. The second kappa shape index (κ2) is 7.00. The van der Waals surface area contributed by atoms with E-state index in [1.165, 1.54) is 35.7 Å². The summed E-state index contributed by atoms with van der Waals surface area (Å²) in [4.78, 5) is 15.3. The van der Waals surface area contributed by atoms with Crippen molar-refractivity contribution in [3.05, 3.63) is 35.0 Å². The summed E-state index contributed by atoms with van der Waals surface area (Å²) in [6, 6.07) is 7.03. The van der Waals surface area contributed by atoms with E-state index >= 15 is 0 Å². The van der Waals surface area contributed by atoms with Crippen LogP contribution in [-0.2, 0) is 13.0 Å². The topological polar surface area (TPSA) is 25.2 Å². The Bertz CT molecular complexity index is 738. The van der Waals surface area contributed by atoms with Gasteiger partial charge in [0.1, 0.15) is 5.69 Å². The Hall–Kier alpha value is -1.77. The minimum absolute atomic E-state index is 0.190. The number of benzene rings is 1. The molecule has 1 aliphatic rings. The Morgan fingerprint density at radius 3 is 2.54 bits per heavy atom. The van der Waals surface area contributed by atoms with Crippen LogP contribution in [0.15, 0.2) is 18.2 Å². The van der Waals surface area contributed by atoms with E-state index in [1.54, 1.807) is 0 Å². The van der Waals surface area contributed by atoms with Crippen molar-refractivity contribution in [3.8, 4) is 0 Å². The molecule has 1 fully saturated rings. The normalized spacial score (nSPS) is 15.8. The first-order chi connectivity index (χ1) is 11.6. The highest BCUT2D eigenvalue weighted by Gasteiger charge is 2.27. The van der Waals surface area contributed by atoms with Gasteiger partial charge < -0.3 is 9.47 Å². The monoisotopic (exact) mass is 326 g/mol. The molecule has 130 valence electrons. The summed E-state index contributed by atoms with van der Waals surface area (Å²) < 4.78 is 2.20. The van der Waals surface area contributed by atoms with Crippen LogP contribution in [0.5, 0.6) is 0 Å². The molecule has 0 saturated heterocycles. The number of aryl methyl sites for hydroxylation is 3. The number of aromatic nitrogens is 1. The van der Waals surface area contributed by atoms with E-state index in [-0.39, 0.29) is 5.91 Å². The van der Waals surface area contributed by atoms with E-state index in [1.807, 2.05) is 11.9 Å². The van der Waals surface area contributed by atoms with Crippen LogP contribution < -0.4 is 0 Å². The lowest BCUT2D eigenvalue weighted by Crippen LogP contribution is -2.39. The van der Waals surface area contributed by atoms with Crippen molar-refractivity contribution in [2.24, 2.45) is 0 Å². The van der Waals surface area contributed by atoms with Gasteiger partial charge in [-0.2, -0.15) is 0 Å². The number of fused-ring (bicyclic) bond motifs is 1. The maximum Gasteiger partial charge on any atom is 0.270 e. The van der Waals surface area contributed by atoms with Crippen LogP contribution in [0.2, 0.25) is 0 Å². The molecule has 1 aromatic heterocycles. The number of hydrogen-bond acceptors (Lipinski definition) is 1. The van der Waals surface area contributed by atoms with Crippen molar-refractivity contribution in [1.29, 1.82) is 0 Å². The fraction of sp³-hybridized carbons (Fsp3) is 0.571. The third kappa shape index (κ3) is 2.85. The molecule has 2 aromatic rings. The van der Waals surface area contributed by atoms with Gasteiger partial charge in [-0.15, -0.1) is 0 Å². The van der Waals surface area contributed by atoms with E-state index in [4.69, 9.17) is 0 Å². The van der Waals surface area contributed by atoms with Gasteiger partial charge in [-0.25, -0.2) is 0 Å². The molecule has 0 aliphatic heterocycles. The van der Waals surface area contributed by atoms with Crippen molar-refractivity contribution >= 4 is 16.8 Å². The quantitative estimate of drug-likeness (QED) is 0.781. The van der Waals surface area contributed by atoms with E-state index in [9.17, 15) is 4.79 Å². The van der Waals surface area contributed by atoms with Gasteiger partial charge in [0.15, 0.2) is 0 Å². The number of hydrogen-bond donors (Lipinski definition) is 0. The van der Waals surface area contributed by atoms with Crippen LogP contribution in [0.25, 0.3) is 10.9 Å². The average molecular weight is 326 g/mol. The molecule has 3 rings (SSSR count). The van der Waals surface area contributed by atoms with Gasteiger partial charge in [-0.3, -0.25) is 4.79 Å². The molecule has 3 nitrogen and oxygen atoms in total. The summed E-state index contributed by atoms with van der Waals surface area (Å²) in [5, 5.41) is 1.23. The molecular weight excluding hydrogens is 296 g/mol. The highest BCUT2D eigenvalue weighted by atomic mass is 16.2. The summed E-state index contributed by atoms with van der Waals surface area (Å²) in [6.07, 6.45) is 7.13. The second-order valence-electron chi connectivity index (χ2n) is 7.13. The molecule has 3 heteroatoms. The van der Waals surface area contributed by atoms with Crippen molar-refractivity contribution in [2.45, 2.75) is 71.9 Å². The van der Waals surface area contributed by atoms with Crippen LogP contribution in [0.4, 0.5) is 0 Å². The van der Waals surface area contributed by atoms with Crippen LogP contribution >= 0.6 is 0 Å². The first kappa shape index (κ1) is 17.1. The number of rotatable bonds is 4. The molecule has 0 unspecified atom stereocenters. The second-order valence-corrected chi connectivity index (χ2v) is 7.13. The summed E-state index contributed by atoms with van der Waals surface area (Å²) >= 11 is 0. The van der Waals surface area contributed by atoms with Gasteiger partial charge in [0, 0.05) is 30.5 Å². The molecule has 1 aliphatic carbocycles. The summed E-state index contributed by atoms with van der Waals surface area (Å²) in [6.45, 7) is 7.24. The van der Waals surface area contributed by atoms with Gasteiger partial charge in [0.2, 0.25) is 0 Å². The standard InChI is InChI=1S/C21H30N2O/c1-5-16-12-13-19-18(14-16)15(3)20(23(19)6-2)21(24)22(4)17-10-8-7-9-11-17/h12-14,17H,5-11H2,1-4H3. The highest BCUT2D eigenvalue weighted by molar-refractivity contribution is 6.01. The fourth-order valence-corrected chi connectivity index (χ4v) is 4.19. The number of carbonyl (C=O) groups excluding carboxylic acids is 1. The van der Waals surface area contributed by atoms with Gasteiger partial charge in [0.05, 0.1) is 0 Å². The first-order valence-corrected chi connectivity index (χ1v) is 9.47. The zero-order chi connectivity index (χ0) is 17.3. The van der Waals surface area contributed by atoms with Gasteiger partial charge in [0.25, 0.3) is 5.91 Å². The fourth-order valence-electron chi connectivity index (χ4n) is 4.19. The van der Waals surface area contributed by atoms with Gasteiger partial charge >= 0.3 is 0 Å². The molecule has 24 heavy (non-hydrogen) atoms. The minimum Gasteiger partial charge on any atom is -0.337 e. The molecule has 0 atom stereocenters. The van der Waals surface area contributed by atoms with Gasteiger partial charge in [-0.05, 0) is 56.4 Å². The van der Waals surface area contributed by atoms with Crippen molar-refractivity contribution in [1.82, 2.24) is 9.47 Å². The lowest BCUT2D eigenvalue weighted by Gasteiger charge is -2.31. The Labute approximate surface area is 145 Å². The van der Waals surface area contributed by atoms with Crippen molar-refractivity contribution < 1.29 is 4.79 Å². The predicted octanol–water partition coefficient (Wildman–Crippen LogP) is 4.94. The van der Waals surface area contributed by atoms with E-state index in [0.717, 1.165) is 37.1 Å². The zero-order valence-corrected chi connectivity index (χ0v) is 15.6. The highest BCUT2D eigenvalue weighted by Crippen LogP contribution is 2.30. The van der Waals surface area contributed by atoms with Crippen molar-refractivity contribution in [3.63, 3.8) is 0 Å². The Morgan fingerprint density at radius 1 is 1.21 bits per heavy atom. The molecule has 0 N–H and O–H groups in total. The first-order valence-electron chi connectivity index (χ1n) is 9.47. The van der Waals surface area contributed by atoms with Gasteiger partial charge in [-0.1, -0.05) is 32.3 Å². The van der Waals surface area contributed by atoms with E-state index in [0.29, 0.717) is 6.04 Å². The third-order valence-corrected chi connectivity index (χ3v) is 5.75. The average Bonchev–Trinajstić information content (AvgIpc) is 2.92. The van der Waals surface area contributed by atoms with Crippen LogP contribution in [0.1, 0.15) is 67.6 Å². The molecule has 1 heterocycles. The number of nitrogens with zero attached hydrogens (tertiary/aromatic N) is 2. The number of carbonyl (C=O) groups is 1. The minimum atomic E-state index is 0.190. The summed E-state index contributed by atoms with van der Waals surface area (Å²) in [7, 11) is 1.99. The Kier molecular flexibility index (Phi) is 4.98. The number of amides is 1. The molecule has 1 saturated carbocycles. The SMILES string of the molecule is CCc1ccc2c(c1)c(C)c(C(=O)N(C)C1CCCCC1)n2CC. The van der Waals surface area contributed by atoms with Crippen LogP contribution in [0.3, 0.4) is 0 Å². The lowest BCUT2D eigenvalue weighted by molar-refractivity contribution is 0.0685. The molecule has 0 spiro atoms. The molecule has 1 aromatic carbocycles.